The Morgan fingerprint density at radius 2 is 1.64 bits per heavy atom. The van der Waals surface area contributed by atoms with Gasteiger partial charge in [0.1, 0.15) is 23.9 Å². The SMILES string of the molecule is COc1ccc(OCCNC(=O)c2cc3ccccc3cc2O)cc1. The van der Waals surface area contributed by atoms with E-state index in [1.54, 1.807) is 43.5 Å². The fourth-order valence-corrected chi connectivity index (χ4v) is 2.51. The summed E-state index contributed by atoms with van der Waals surface area (Å²) in [6.45, 7) is 0.656. The molecule has 0 saturated heterocycles. The van der Waals surface area contributed by atoms with Crippen LogP contribution in [0, 0.1) is 0 Å². The molecular formula is C20H19NO4. The first-order valence-corrected chi connectivity index (χ1v) is 7.94. The quantitative estimate of drug-likeness (QED) is 0.677. The number of nitrogens with one attached hydrogen (secondary N) is 1. The highest BCUT2D eigenvalue weighted by atomic mass is 16.5. The van der Waals surface area contributed by atoms with Crippen LogP contribution in [0.1, 0.15) is 10.4 Å². The van der Waals surface area contributed by atoms with E-state index in [0.717, 1.165) is 16.5 Å². The van der Waals surface area contributed by atoms with Gasteiger partial charge in [0.2, 0.25) is 0 Å². The van der Waals surface area contributed by atoms with E-state index in [1.165, 1.54) is 0 Å². The van der Waals surface area contributed by atoms with Gasteiger partial charge in [0, 0.05) is 0 Å². The monoisotopic (exact) mass is 337 g/mol. The Bertz CT molecular complexity index is 875. The molecule has 0 bridgehead atoms. The minimum absolute atomic E-state index is 0.0349. The maximum Gasteiger partial charge on any atom is 0.255 e. The van der Waals surface area contributed by atoms with Crippen LogP contribution in [0.15, 0.2) is 60.7 Å². The number of ether oxygens (including phenoxy) is 2. The van der Waals surface area contributed by atoms with Gasteiger partial charge in [-0.25, -0.2) is 0 Å². The topological polar surface area (TPSA) is 67.8 Å². The van der Waals surface area contributed by atoms with Gasteiger partial charge < -0.3 is 19.9 Å². The Hall–Kier alpha value is -3.21. The second-order valence-corrected chi connectivity index (χ2v) is 5.50. The van der Waals surface area contributed by atoms with Crippen molar-refractivity contribution in [1.29, 1.82) is 0 Å². The lowest BCUT2D eigenvalue weighted by molar-refractivity contribution is 0.0944. The summed E-state index contributed by atoms with van der Waals surface area (Å²) >= 11 is 0. The number of rotatable bonds is 6. The van der Waals surface area contributed by atoms with Gasteiger partial charge in [-0.05, 0) is 47.2 Å². The van der Waals surface area contributed by atoms with Crippen LogP contribution in [0.2, 0.25) is 0 Å². The van der Waals surface area contributed by atoms with E-state index < -0.39 is 0 Å². The number of methoxy groups -OCH3 is 1. The Balaban J connectivity index is 1.56. The minimum Gasteiger partial charge on any atom is -0.507 e. The second kappa shape index (κ2) is 7.57. The molecule has 0 atom stereocenters. The van der Waals surface area contributed by atoms with Crippen LogP contribution in [0.5, 0.6) is 17.2 Å². The zero-order valence-electron chi connectivity index (χ0n) is 13.9. The third-order valence-electron chi connectivity index (χ3n) is 3.82. The van der Waals surface area contributed by atoms with E-state index in [4.69, 9.17) is 9.47 Å². The van der Waals surface area contributed by atoms with Crippen LogP contribution >= 0.6 is 0 Å². The molecule has 3 aromatic carbocycles. The van der Waals surface area contributed by atoms with Crippen LogP contribution in [0.4, 0.5) is 0 Å². The molecule has 2 N–H and O–H groups in total. The predicted molar refractivity (Wildman–Crippen MR) is 96.4 cm³/mol. The molecule has 0 aromatic heterocycles. The number of carbonyl (C=O) groups excluding carboxylic acids is 1. The van der Waals surface area contributed by atoms with E-state index in [2.05, 4.69) is 5.32 Å². The van der Waals surface area contributed by atoms with Crippen molar-refractivity contribution >= 4 is 16.7 Å². The first-order valence-electron chi connectivity index (χ1n) is 7.94. The molecule has 5 nitrogen and oxygen atoms in total. The average molecular weight is 337 g/mol. The molecule has 0 aliphatic rings. The normalized spacial score (nSPS) is 10.4. The lowest BCUT2D eigenvalue weighted by atomic mass is 10.1. The highest BCUT2D eigenvalue weighted by Crippen LogP contribution is 2.24. The molecular weight excluding hydrogens is 318 g/mol. The number of benzene rings is 3. The molecule has 0 fully saturated rings. The van der Waals surface area contributed by atoms with Crippen molar-refractivity contribution in [2.45, 2.75) is 0 Å². The number of fused-ring (bicyclic) bond motifs is 1. The van der Waals surface area contributed by atoms with Crippen molar-refractivity contribution in [3.8, 4) is 17.2 Å². The van der Waals surface area contributed by atoms with Gasteiger partial charge in [0.15, 0.2) is 0 Å². The summed E-state index contributed by atoms with van der Waals surface area (Å²) < 4.78 is 10.6. The highest BCUT2D eigenvalue weighted by molar-refractivity contribution is 6.01. The van der Waals surface area contributed by atoms with Crippen LogP contribution in [-0.2, 0) is 0 Å². The summed E-state index contributed by atoms with van der Waals surface area (Å²) in [6, 6.07) is 18.1. The summed E-state index contributed by atoms with van der Waals surface area (Å²) in [7, 11) is 1.60. The molecule has 0 aliphatic heterocycles. The fourth-order valence-electron chi connectivity index (χ4n) is 2.51. The lowest BCUT2D eigenvalue weighted by Gasteiger charge is -2.10. The second-order valence-electron chi connectivity index (χ2n) is 5.50. The highest BCUT2D eigenvalue weighted by Gasteiger charge is 2.12. The van der Waals surface area contributed by atoms with Crippen LogP contribution in [0.3, 0.4) is 0 Å². The van der Waals surface area contributed by atoms with Crippen molar-refractivity contribution in [3.63, 3.8) is 0 Å². The molecule has 3 aromatic rings. The van der Waals surface area contributed by atoms with Gasteiger partial charge in [-0.3, -0.25) is 4.79 Å². The van der Waals surface area contributed by atoms with Crippen LogP contribution < -0.4 is 14.8 Å². The predicted octanol–water partition coefficient (Wildman–Crippen LogP) is 3.36. The molecule has 0 heterocycles. The zero-order chi connectivity index (χ0) is 17.6. The average Bonchev–Trinajstić information content (AvgIpc) is 2.65. The van der Waals surface area contributed by atoms with Gasteiger partial charge in [-0.1, -0.05) is 24.3 Å². The minimum atomic E-state index is -0.332. The largest absolute Gasteiger partial charge is 0.507 e. The number of hydrogen-bond donors (Lipinski definition) is 2. The summed E-state index contributed by atoms with van der Waals surface area (Å²) in [5, 5.41) is 14.6. The molecule has 25 heavy (non-hydrogen) atoms. The zero-order valence-corrected chi connectivity index (χ0v) is 13.9. The Morgan fingerprint density at radius 1 is 1.00 bits per heavy atom. The summed E-state index contributed by atoms with van der Waals surface area (Å²) in [5.41, 5.74) is 0.253. The van der Waals surface area contributed by atoms with E-state index in [9.17, 15) is 9.90 Å². The number of carbonyl (C=O) groups is 1. The molecule has 0 radical (unpaired) electrons. The molecule has 5 heteroatoms. The van der Waals surface area contributed by atoms with Gasteiger partial charge in [0.05, 0.1) is 19.2 Å². The first-order chi connectivity index (χ1) is 12.2. The van der Waals surface area contributed by atoms with E-state index in [-0.39, 0.29) is 17.2 Å². The standard InChI is InChI=1S/C20H19NO4/c1-24-16-6-8-17(9-7-16)25-11-10-21-20(23)18-12-14-4-2-3-5-15(14)13-19(18)22/h2-9,12-13,22H,10-11H2,1H3,(H,21,23). The van der Waals surface area contributed by atoms with Gasteiger partial charge in [-0.15, -0.1) is 0 Å². The lowest BCUT2D eigenvalue weighted by Crippen LogP contribution is -2.28. The molecule has 0 aliphatic carbocycles. The van der Waals surface area contributed by atoms with Crippen molar-refractivity contribution in [1.82, 2.24) is 5.32 Å². The first kappa shape index (κ1) is 16.6. The molecule has 1 amide bonds. The van der Waals surface area contributed by atoms with E-state index in [1.807, 2.05) is 24.3 Å². The molecule has 128 valence electrons. The molecule has 3 rings (SSSR count). The summed E-state index contributed by atoms with van der Waals surface area (Å²) in [4.78, 5) is 12.3. The maximum atomic E-state index is 12.3. The maximum absolute atomic E-state index is 12.3. The number of amides is 1. The van der Waals surface area contributed by atoms with Gasteiger partial charge in [-0.2, -0.15) is 0 Å². The van der Waals surface area contributed by atoms with E-state index in [0.29, 0.717) is 18.9 Å². The number of aromatic hydroxyl groups is 1. The van der Waals surface area contributed by atoms with Gasteiger partial charge in [0.25, 0.3) is 5.91 Å². The molecule has 0 saturated carbocycles. The van der Waals surface area contributed by atoms with Crippen molar-refractivity contribution < 1.29 is 19.4 Å². The number of phenolic OH excluding ortho intramolecular Hbond substituents is 1. The van der Waals surface area contributed by atoms with Crippen LogP contribution in [0.25, 0.3) is 10.8 Å². The third kappa shape index (κ3) is 4.01. The molecule has 0 unspecified atom stereocenters. The fraction of sp³-hybridized carbons (Fsp3) is 0.150. The summed E-state index contributed by atoms with van der Waals surface area (Å²) in [5.74, 6) is 1.09. The Kier molecular flexibility index (Phi) is 5.04. The van der Waals surface area contributed by atoms with Crippen LogP contribution in [-0.4, -0.2) is 31.3 Å². The number of phenols is 1. The molecule has 0 spiro atoms. The smallest absolute Gasteiger partial charge is 0.255 e. The summed E-state index contributed by atoms with van der Waals surface area (Å²) in [6.07, 6.45) is 0. The Labute approximate surface area is 145 Å². The van der Waals surface area contributed by atoms with Gasteiger partial charge >= 0.3 is 0 Å². The van der Waals surface area contributed by atoms with Crippen molar-refractivity contribution in [2.24, 2.45) is 0 Å². The third-order valence-corrected chi connectivity index (χ3v) is 3.82. The number of hydrogen-bond acceptors (Lipinski definition) is 4. The van der Waals surface area contributed by atoms with Crippen molar-refractivity contribution in [3.05, 3.63) is 66.2 Å². The Morgan fingerprint density at radius 3 is 2.32 bits per heavy atom. The van der Waals surface area contributed by atoms with Crippen molar-refractivity contribution in [2.75, 3.05) is 20.3 Å². The van der Waals surface area contributed by atoms with E-state index >= 15 is 0 Å².